The third-order valence-electron chi connectivity index (χ3n) is 3.97. The molecule has 1 amide bonds. The molecule has 0 saturated carbocycles. The number of rotatable bonds is 8. The zero-order chi connectivity index (χ0) is 22.2. The Morgan fingerprint density at radius 3 is 2.45 bits per heavy atom. The Hall–Kier alpha value is -4.21. The van der Waals surface area contributed by atoms with E-state index in [9.17, 15) is 14.4 Å². The number of hydrogen-bond acceptors (Lipinski definition) is 9. The van der Waals surface area contributed by atoms with Gasteiger partial charge in [-0.05, 0) is 36.4 Å². The topological polar surface area (TPSA) is 130 Å². The van der Waals surface area contributed by atoms with E-state index in [0.29, 0.717) is 17.5 Å². The molecule has 160 valence electrons. The van der Waals surface area contributed by atoms with Crippen molar-refractivity contribution in [1.82, 2.24) is 10.1 Å². The second-order valence-electron chi connectivity index (χ2n) is 6.20. The minimum atomic E-state index is -0.684. The number of hydrogen-bond donors (Lipinski definition) is 1. The number of aryl methyl sites for hydroxylation is 1. The van der Waals surface area contributed by atoms with Crippen molar-refractivity contribution in [3.05, 3.63) is 71.4 Å². The maximum Gasteiger partial charge on any atom is 0.339 e. The smallest absolute Gasteiger partial charge is 0.339 e. The summed E-state index contributed by atoms with van der Waals surface area (Å²) < 4.78 is 20.0. The number of aromatic nitrogens is 2. The molecule has 0 bridgehead atoms. The quantitative estimate of drug-likeness (QED) is 0.541. The van der Waals surface area contributed by atoms with Crippen LogP contribution < -0.4 is 10.1 Å². The Balaban J connectivity index is 1.50. The van der Waals surface area contributed by atoms with Crippen molar-refractivity contribution >= 4 is 23.5 Å². The van der Waals surface area contributed by atoms with Crippen LogP contribution in [-0.2, 0) is 20.9 Å². The van der Waals surface area contributed by atoms with Crippen molar-refractivity contribution in [3.8, 4) is 5.75 Å². The van der Waals surface area contributed by atoms with Gasteiger partial charge >= 0.3 is 11.9 Å². The fraction of sp³-hybridized carbons (Fsp3) is 0.190. The van der Waals surface area contributed by atoms with Crippen molar-refractivity contribution in [1.29, 1.82) is 0 Å². The Kier molecular flexibility index (Phi) is 6.94. The first-order valence-electron chi connectivity index (χ1n) is 9.12. The van der Waals surface area contributed by atoms with Crippen LogP contribution in [0.4, 0.5) is 5.69 Å². The number of ether oxygens (including phenoxy) is 3. The summed E-state index contributed by atoms with van der Waals surface area (Å²) in [5, 5.41) is 6.24. The van der Waals surface area contributed by atoms with Crippen molar-refractivity contribution in [2.45, 2.75) is 13.5 Å². The summed E-state index contributed by atoms with van der Waals surface area (Å²) in [6.45, 7) is 1.27. The van der Waals surface area contributed by atoms with Gasteiger partial charge in [-0.25, -0.2) is 9.59 Å². The number of carbonyl (C=O) groups excluding carboxylic acids is 3. The number of nitrogens with zero attached hydrogens (tertiary/aromatic N) is 2. The number of methoxy groups -OCH3 is 1. The Morgan fingerprint density at radius 1 is 1.03 bits per heavy atom. The van der Waals surface area contributed by atoms with E-state index in [2.05, 4.69) is 20.2 Å². The molecule has 0 aliphatic carbocycles. The van der Waals surface area contributed by atoms with E-state index in [-0.39, 0.29) is 23.4 Å². The molecule has 0 atom stereocenters. The molecular weight excluding hydrogens is 406 g/mol. The van der Waals surface area contributed by atoms with E-state index in [1.807, 2.05) is 0 Å². The maximum absolute atomic E-state index is 12.2. The summed E-state index contributed by atoms with van der Waals surface area (Å²) in [6, 6.07) is 12.5. The lowest BCUT2D eigenvalue weighted by atomic mass is 10.2. The van der Waals surface area contributed by atoms with Crippen molar-refractivity contribution in [3.63, 3.8) is 0 Å². The van der Waals surface area contributed by atoms with Crippen LogP contribution in [0.25, 0.3) is 0 Å². The van der Waals surface area contributed by atoms with Gasteiger partial charge in [-0.3, -0.25) is 4.79 Å². The van der Waals surface area contributed by atoms with Gasteiger partial charge in [0.1, 0.15) is 5.75 Å². The van der Waals surface area contributed by atoms with Crippen LogP contribution in [0.2, 0.25) is 0 Å². The zero-order valence-electron chi connectivity index (χ0n) is 16.8. The molecule has 1 aromatic heterocycles. The molecule has 1 N–H and O–H groups in total. The van der Waals surface area contributed by atoms with Crippen molar-refractivity contribution in [2.75, 3.05) is 19.0 Å². The van der Waals surface area contributed by atoms with Crippen LogP contribution in [0.1, 0.15) is 32.4 Å². The maximum atomic E-state index is 12.2. The lowest BCUT2D eigenvalue weighted by Crippen LogP contribution is -2.22. The second kappa shape index (κ2) is 10.0. The lowest BCUT2D eigenvalue weighted by molar-refractivity contribution is -0.119. The number of esters is 2. The van der Waals surface area contributed by atoms with Gasteiger partial charge in [0.25, 0.3) is 5.91 Å². The highest BCUT2D eigenvalue weighted by atomic mass is 16.5. The first-order valence-corrected chi connectivity index (χ1v) is 9.12. The van der Waals surface area contributed by atoms with E-state index in [1.165, 1.54) is 25.3 Å². The van der Waals surface area contributed by atoms with E-state index in [1.54, 1.807) is 37.3 Å². The van der Waals surface area contributed by atoms with E-state index in [0.717, 1.165) is 0 Å². The fourth-order valence-corrected chi connectivity index (χ4v) is 2.52. The van der Waals surface area contributed by atoms with Crippen LogP contribution in [0, 0.1) is 6.92 Å². The summed E-state index contributed by atoms with van der Waals surface area (Å²) in [7, 11) is 1.24. The summed E-state index contributed by atoms with van der Waals surface area (Å²) in [5.41, 5.74) is 0.690. The van der Waals surface area contributed by atoms with Crippen LogP contribution in [-0.4, -0.2) is 41.7 Å². The Bertz CT molecular complexity index is 1080. The van der Waals surface area contributed by atoms with E-state index in [4.69, 9.17) is 14.0 Å². The Labute approximate surface area is 177 Å². The summed E-state index contributed by atoms with van der Waals surface area (Å²) in [4.78, 5) is 40.0. The molecule has 0 aliphatic rings. The molecule has 2 aromatic carbocycles. The largest absolute Gasteiger partial charge is 0.485 e. The van der Waals surface area contributed by atoms with Gasteiger partial charge in [-0.2, -0.15) is 4.98 Å². The van der Waals surface area contributed by atoms with Crippen LogP contribution in [0.5, 0.6) is 5.75 Å². The predicted octanol–water partition coefficient (Wildman–Crippen LogP) is 2.54. The van der Waals surface area contributed by atoms with Crippen LogP contribution in [0.3, 0.4) is 0 Å². The second-order valence-corrected chi connectivity index (χ2v) is 6.20. The molecule has 0 spiro atoms. The van der Waals surface area contributed by atoms with E-state index < -0.39 is 24.5 Å². The molecule has 1 heterocycles. The highest BCUT2D eigenvalue weighted by Crippen LogP contribution is 2.17. The molecule has 10 nitrogen and oxygen atoms in total. The molecular formula is C21H19N3O7. The molecule has 0 unspecified atom stereocenters. The standard InChI is InChI=1S/C21H19N3O7/c1-13-22-18(24-31-13)11-29-15-9-7-14(8-10-15)20(26)30-12-19(25)23-17-6-4-3-5-16(17)21(27)28-2/h3-10H,11-12H2,1-2H3,(H,23,25). The van der Waals surface area contributed by atoms with Gasteiger partial charge in [0, 0.05) is 6.92 Å². The average molecular weight is 425 g/mol. The molecule has 31 heavy (non-hydrogen) atoms. The molecule has 0 aliphatic heterocycles. The van der Waals surface area contributed by atoms with Crippen LogP contribution in [0.15, 0.2) is 53.1 Å². The SMILES string of the molecule is COC(=O)c1ccccc1NC(=O)COC(=O)c1ccc(OCc2noc(C)n2)cc1. The summed E-state index contributed by atoms with van der Waals surface area (Å²) in [5.74, 6) is -0.534. The van der Waals surface area contributed by atoms with Gasteiger partial charge in [-0.1, -0.05) is 17.3 Å². The third kappa shape index (κ3) is 5.89. The fourth-order valence-electron chi connectivity index (χ4n) is 2.52. The number of benzene rings is 2. The lowest BCUT2D eigenvalue weighted by Gasteiger charge is -2.10. The molecule has 0 fully saturated rings. The van der Waals surface area contributed by atoms with E-state index >= 15 is 0 Å². The minimum absolute atomic E-state index is 0.119. The number of para-hydroxylation sites is 1. The Morgan fingerprint density at radius 2 is 1.77 bits per heavy atom. The van der Waals surface area contributed by atoms with Gasteiger partial charge in [0.15, 0.2) is 13.2 Å². The zero-order valence-corrected chi connectivity index (χ0v) is 16.8. The van der Waals surface area contributed by atoms with Crippen LogP contribution >= 0.6 is 0 Å². The number of amides is 1. The van der Waals surface area contributed by atoms with Crippen molar-refractivity contribution < 1.29 is 33.1 Å². The predicted molar refractivity (Wildman–Crippen MR) is 107 cm³/mol. The molecule has 0 radical (unpaired) electrons. The highest BCUT2D eigenvalue weighted by molar-refractivity contribution is 6.02. The normalized spacial score (nSPS) is 10.3. The van der Waals surface area contributed by atoms with Crippen molar-refractivity contribution in [2.24, 2.45) is 0 Å². The number of nitrogens with one attached hydrogen (secondary N) is 1. The molecule has 3 aromatic rings. The summed E-state index contributed by atoms with van der Waals surface area (Å²) >= 11 is 0. The molecule has 0 saturated heterocycles. The average Bonchev–Trinajstić information content (AvgIpc) is 3.21. The minimum Gasteiger partial charge on any atom is -0.485 e. The van der Waals surface area contributed by atoms with Gasteiger partial charge < -0.3 is 24.1 Å². The van der Waals surface area contributed by atoms with Gasteiger partial charge in [-0.15, -0.1) is 0 Å². The molecule has 10 heteroatoms. The first kappa shape index (κ1) is 21.5. The third-order valence-corrected chi connectivity index (χ3v) is 3.97. The first-order chi connectivity index (χ1) is 15.0. The molecule has 3 rings (SSSR count). The number of carbonyl (C=O) groups is 3. The van der Waals surface area contributed by atoms with Gasteiger partial charge in [0.05, 0.1) is 23.9 Å². The summed E-state index contributed by atoms with van der Waals surface area (Å²) in [6.07, 6.45) is 0. The number of anilines is 1. The van der Waals surface area contributed by atoms with Gasteiger partial charge in [0.2, 0.25) is 11.7 Å². The highest BCUT2D eigenvalue weighted by Gasteiger charge is 2.15. The monoisotopic (exact) mass is 425 g/mol.